The van der Waals surface area contributed by atoms with Crippen LogP contribution in [0.5, 0.6) is 0 Å². The van der Waals surface area contributed by atoms with Crippen LogP contribution in [0.2, 0.25) is 0 Å². The number of carbonyl (C=O) groups is 2. The molecule has 166 valence electrons. The van der Waals surface area contributed by atoms with E-state index in [-0.39, 0.29) is 24.9 Å². The van der Waals surface area contributed by atoms with Crippen LogP contribution in [0.3, 0.4) is 0 Å². The van der Waals surface area contributed by atoms with E-state index >= 15 is 0 Å². The molecule has 2 N–H and O–H groups in total. The van der Waals surface area contributed by atoms with Gasteiger partial charge in [-0.1, -0.05) is 54.6 Å². The van der Waals surface area contributed by atoms with Crippen molar-refractivity contribution in [3.8, 4) is 11.1 Å². The molecule has 0 unspecified atom stereocenters. The Bertz CT molecular complexity index is 1170. The zero-order valence-electron chi connectivity index (χ0n) is 18.0. The summed E-state index contributed by atoms with van der Waals surface area (Å²) in [7, 11) is 3.33. The normalized spacial score (nSPS) is 18.4. The number of likely N-dealkylation sites (N-methyl/N-ethyl adjacent to an activating group) is 1. The van der Waals surface area contributed by atoms with Crippen molar-refractivity contribution in [3.63, 3.8) is 0 Å². The number of aromatic nitrogens is 3. The third-order valence-electron chi connectivity index (χ3n) is 5.50. The lowest BCUT2D eigenvalue weighted by molar-refractivity contribution is -0.165. The predicted octanol–water partition coefficient (Wildman–Crippen LogP) is 1.31. The number of carbonyl (C=O) groups excluding carboxylic acids is 2. The molecule has 9 heteroatoms. The van der Waals surface area contributed by atoms with Crippen molar-refractivity contribution in [2.45, 2.75) is 12.0 Å². The van der Waals surface area contributed by atoms with Crippen molar-refractivity contribution < 1.29 is 14.3 Å². The van der Waals surface area contributed by atoms with Crippen LogP contribution in [0.15, 0.2) is 59.4 Å². The van der Waals surface area contributed by atoms with Gasteiger partial charge in [-0.2, -0.15) is 0 Å². The van der Waals surface area contributed by atoms with Gasteiger partial charge in [0.2, 0.25) is 5.82 Å². The van der Waals surface area contributed by atoms with E-state index in [4.69, 9.17) is 4.74 Å². The summed E-state index contributed by atoms with van der Waals surface area (Å²) in [4.78, 5) is 42.9. The van der Waals surface area contributed by atoms with Gasteiger partial charge in [0.05, 0.1) is 13.2 Å². The number of hydrogen-bond acceptors (Lipinski definition) is 5. The van der Waals surface area contributed by atoms with Crippen molar-refractivity contribution in [1.29, 1.82) is 0 Å². The molecule has 1 aliphatic heterocycles. The predicted molar refractivity (Wildman–Crippen MR) is 118 cm³/mol. The van der Waals surface area contributed by atoms with Gasteiger partial charge in [-0.15, -0.1) is 5.10 Å². The second-order valence-corrected chi connectivity index (χ2v) is 8.04. The Hall–Kier alpha value is -3.72. The summed E-state index contributed by atoms with van der Waals surface area (Å²) >= 11 is 0. The van der Waals surface area contributed by atoms with Crippen LogP contribution in [0.25, 0.3) is 11.1 Å². The third kappa shape index (κ3) is 4.33. The first kappa shape index (κ1) is 21.5. The highest BCUT2D eigenvalue weighted by molar-refractivity contribution is 5.92. The number of amides is 2. The maximum Gasteiger partial charge on any atom is 0.341 e. The first-order valence-corrected chi connectivity index (χ1v) is 10.3. The van der Waals surface area contributed by atoms with Crippen molar-refractivity contribution in [1.82, 2.24) is 25.0 Å². The molecule has 0 spiro atoms. The zero-order chi connectivity index (χ0) is 22.7. The minimum atomic E-state index is -1.25. The Balaban J connectivity index is 1.64. The molecule has 9 nitrogen and oxygen atoms in total. The molecule has 0 aliphatic carbocycles. The molecule has 2 amide bonds. The third-order valence-corrected chi connectivity index (χ3v) is 5.50. The summed E-state index contributed by atoms with van der Waals surface area (Å²) in [5.41, 5.74) is 1.22. The topological polar surface area (TPSA) is 111 Å². The molecule has 1 fully saturated rings. The van der Waals surface area contributed by atoms with Gasteiger partial charge >= 0.3 is 5.69 Å². The van der Waals surface area contributed by atoms with E-state index in [9.17, 15) is 14.4 Å². The lowest BCUT2D eigenvalue weighted by atomic mass is 9.89. The van der Waals surface area contributed by atoms with Crippen LogP contribution in [0.4, 0.5) is 0 Å². The van der Waals surface area contributed by atoms with Crippen molar-refractivity contribution in [3.05, 3.63) is 76.5 Å². The molecule has 3 aromatic rings. The molecule has 2 heterocycles. The molecule has 1 saturated heterocycles. The minimum absolute atomic E-state index is 0.0489. The summed E-state index contributed by atoms with van der Waals surface area (Å²) in [6, 6.07) is 17.9. The smallest absolute Gasteiger partial charge is 0.341 e. The standard InChI is InChI=1S/C23H25N5O4/c1-27(2)21(30)23(14-16-7-6-10-18(13-16)17-8-4-3-5-9-17)15-28(11-12-32-23)20(29)19-24-22(31)26-25-19/h3-10,13H,11-12,14-15H2,1-2H3,(H2,24,25,26,31)/t23-/m1/s1. The number of benzene rings is 2. The molecule has 0 bridgehead atoms. The molecule has 4 rings (SSSR count). The lowest BCUT2D eigenvalue weighted by Crippen LogP contribution is -2.61. The summed E-state index contributed by atoms with van der Waals surface area (Å²) in [6.07, 6.45) is 0.297. The van der Waals surface area contributed by atoms with Crippen LogP contribution >= 0.6 is 0 Å². The Labute approximate surface area is 185 Å². The summed E-state index contributed by atoms with van der Waals surface area (Å²) in [5.74, 6) is -0.773. The van der Waals surface area contributed by atoms with Gasteiger partial charge in [0, 0.05) is 27.1 Å². The maximum atomic E-state index is 13.3. The van der Waals surface area contributed by atoms with Crippen LogP contribution in [-0.4, -0.2) is 76.2 Å². The number of nitrogens with one attached hydrogen (secondary N) is 2. The number of aromatic amines is 2. The van der Waals surface area contributed by atoms with Gasteiger partial charge in [-0.05, 0) is 16.7 Å². The maximum absolute atomic E-state index is 13.3. The van der Waals surface area contributed by atoms with E-state index in [0.29, 0.717) is 13.0 Å². The highest BCUT2D eigenvalue weighted by atomic mass is 16.5. The molecule has 32 heavy (non-hydrogen) atoms. The van der Waals surface area contributed by atoms with Crippen molar-refractivity contribution in [2.75, 3.05) is 33.8 Å². The number of ether oxygens (including phenoxy) is 1. The Morgan fingerprint density at radius 2 is 1.88 bits per heavy atom. The second kappa shape index (κ2) is 8.80. The molecule has 1 aliphatic rings. The number of morpholine rings is 1. The SMILES string of the molecule is CN(C)C(=O)[C@@]1(Cc2cccc(-c3ccccc3)c2)CN(C(=O)c2n[nH]c(=O)[nH]2)CCO1. The van der Waals surface area contributed by atoms with Gasteiger partial charge in [0.1, 0.15) is 0 Å². The largest absolute Gasteiger partial charge is 0.361 e. The summed E-state index contributed by atoms with van der Waals surface area (Å²) < 4.78 is 6.07. The average Bonchev–Trinajstić information content (AvgIpc) is 3.25. The number of rotatable bonds is 5. The van der Waals surface area contributed by atoms with Crippen LogP contribution in [0, 0.1) is 0 Å². The fourth-order valence-electron chi connectivity index (χ4n) is 4.02. The van der Waals surface area contributed by atoms with Gasteiger partial charge in [-0.25, -0.2) is 9.89 Å². The van der Waals surface area contributed by atoms with Gasteiger partial charge in [-0.3, -0.25) is 14.6 Å². The molecule has 2 aromatic carbocycles. The Kier molecular flexibility index (Phi) is 5.91. The van der Waals surface area contributed by atoms with E-state index in [1.165, 1.54) is 9.80 Å². The van der Waals surface area contributed by atoms with Gasteiger partial charge < -0.3 is 14.5 Å². The Morgan fingerprint density at radius 1 is 1.12 bits per heavy atom. The summed E-state index contributed by atoms with van der Waals surface area (Å²) in [5, 5.41) is 5.92. The first-order valence-electron chi connectivity index (χ1n) is 10.3. The zero-order valence-corrected chi connectivity index (χ0v) is 18.0. The lowest BCUT2D eigenvalue weighted by Gasteiger charge is -2.42. The fourth-order valence-corrected chi connectivity index (χ4v) is 4.02. The number of H-pyrrole nitrogens is 2. The van der Waals surface area contributed by atoms with Gasteiger partial charge in [0.25, 0.3) is 11.8 Å². The van der Waals surface area contributed by atoms with Crippen molar-refractivity contribution in [2.24, 2.45) is 0 Å². The molecular formula is C23H25N5O4. The summed E-state index contributed by atoms with van der Waals surface area (Å²) in [6.45, 7) is 0.534. The van der Waals surface area contributed by atoms with Gasteiger partial charge in [0.15, 0.2) is 5.60 Å². The average molecular weight is 435 g/mol. The van der Waals surface area contributed by atoms with Crippen molar-refractivity contribution >= 4 is 11.8 Å². The fraction of sp³-hybridized carbons (Fsp3) is 0.304. The number of hydrogen-bond donors (Lipinski definition) is 2. The van der Waals surface area contributed by atoms with Crippen LogP contribution in [-0.2, 0) is 16.0 Å². The van der Waals surface area contributed by atoms with E-state index in [2.05, 4.69) is 15.2 Å². The van der Waals surface area contributed by atoms with Crippen LogP contribution < -0.4 is 5.69 Å². The molecule has 1 atom stereocenters. The van der Waals surface area contributed by atoms with E-state index in [1.807, 2.05) is 54.6 Å². The highest BCUT2D eigenvalue weighted by Crippen LogP contribution is 2.28. The quantitative estimate of drug-likeness (QED) is 0.628. The monoisotopic (exact) mass is 435 g/mol. The first-order chi connectivity index (χ1) is 15.4. The second-order valence-electron chi connectivity index (χ2n) is 8.04. The van der Waals surface area contributed by atoms with E-state index < -0.39 is 17.2 Å². The van der Waals surface area contributed by atoms with E-state index in [1.54, 1.807) is 14.1 Å². The molecular weight excluding hydrogens is 410 g/mol. The Morgan fingerprint density at radius 3 is 2.56 bits per heavy atom. The number of nitrogens with zero attached hydrogens (tertiary/aromatic N) is 3. The molecule has 1 aromatic heterocycles. The minimum Gasteiger partial charge on any atom is -0.361 e. The molecule has 0 saturated carbocycles. The highest BCUT2D eigenvalue weighted by Gasteiger charge is 2.46. The van der Waals surface area contributed by atoms with Crippen LogP contribution in [0.1, 0.15) is 16.2 Å². The van der Waals surface area contributed by atoms with E-state index in [0.717, 1.165) is 16.7 Å². The molecule has 0 radical (unpaired) electrons.